The van der Waals surface area contributed by atoms with Gasteiger partial charge in [-0.05, 0) is 70.1 Å². The molecule has 1 aliphatic carbocycles. The quantitative estimate of drug-likeness (QED) is 0.643. The normalized spacial score (nSPS) is 20.1. The highest BCUT2D eigenvalue weighted by Gasteiger charge is 2.29. The molecular weight excluding hydrogens is 422 g/mol. The number of piperidine rings is 1. The van der Waals surface area contributed by atoms with E-state index in [4.69, 9.17) is 14.7 Å². The molecule has 32 heavy (non-hydrogen) atoms. The summed E-state index contributed by atoms with van der Waals surface area (Å²) in [4.78, 5) is 30.4. The van der Waals surface area contributed by atoms with Gasteiger partial charge in [-0.25, -0.2) is 18.4 Å². The summed E-state index contributed by atoms with van der Waals surface area (Å²) in [7, 11) is 0. The number of ether oxygens (including phenoxy) is 1. The lowest BCUT2D eigenvalue weighted by molar-refractivity contribution is -0.0103. The molecule has 0 unspecified atom stereocenters. The molecular formula is C23H30F2N2O5. The first-order valence-corrected chi connectivity index (χ1v) is 10.9. The second-order valence-electron chi connectivity index (χ2n) is 9.36. The van der Waals surface area contributed by atoms with Gasteiger partial charge >= 0.3 is 12.1 Å². The average molecular weight is 452 g/mol. The lowest BCUT2D eigenvalue weighted by Crippen LogP contribution is -2.43. The summed E-state index contributed by atoms with van der Waals surface area (Å²) in [6.07, 6.45) is 3.31. The van der Waals surface area contributed by atoms with E-state index in [1.165, 1.54) is 0 Å². The molecule has 0 aromatic heterocycles. The molecule has 0 spiro atoms. The van der Waals surface area contributed by atoms with Crippen molar-refractivity contribution in [2.75, 3.05) is 13.1 Å². The Labute approximate surface area is 186 Å². The van der Waals surface area contributed by atoms with Crippen LogP contribution in [0.1, 0.15) is 81.1 Å². The number of nitrogens with zero attached hydrogens (tertiary/aromatic N) is 2. The highest BCUT2D eigenvalue weighted by atomic mass is 19.1. The summed E-state index contributed by atoms with van der Waals surface area (Å²) in [6, 6.07) is 1.75. The molecule has 7 nitrogen and oxygen atoms in total. The highest BCUT2D eigenvalue weighted by molar-refractivity contribution is 5.88. The Kier molecular flexibility index (Phi) is 7.36. The number of hydrogen-bond acceptors (Lipinski definition) is 5. The number of amides is 1. The van der Waals surface area contributed by atoms with E-state index in [0.29, 0.717) is 51.6 Å². The van der Waals surface area contributed by atoms with E-state index in [1.54, 1.807) is 4.90 Å². The van der Waals surface area contributed by atoms with Crippen LogP contribution in [0.3, 0.4) is 0 Å². The number of rotatable bonds is 4. The Bertz CT molecular complexity index is 879. The zero-order valence-electron chi connectivity index (χ0n) is 18.7. The summed E-state index contributed by atoms with van der Waals surface area (Å²) >= 11 is 0. The first-order valence-electron chi connectivity index (χ1n) is 10.9. The van der Waals surface area contributed by atoms with E-state index < -0.39 is 28.8 Å². The van der Waals surface area contributed by atoms with E-state index in [0.717, 1.165) is 17.8 Å². The smallest absolute Gasteiger partial charge is 0.410 e. The molecule has 1 heterocycles. The van der Waals surface area contributed by atoms with Gasteiger partial charge in [0.15, 0.2) is 0 Å². The van der Waals surface area contributed by atoms with Crippen molar-refractivity contribution >= 4 is 17.8 Å². The van der Waals surface area contributed by atoms with Gasteiger partial charge in [0.2, 0.25) is 0 Å². The van der Waals surface area contributed by atoms with E-state index in [9.17, 15) is 18.4 Å². The number of carboxylic acids is 1. The Balaban J connectivity index is 1.47. The monoisotopic (exact) mass is 452 g/mol. The van der Waals surface area contributed by atoms with E-state index in [1.807, 2.05) is 20.8 Å². The molecule has 0 atom stereocenters. The van der Waals surface area contributed by atoms with Gasteiger partial charge in [-0.1, -0.05) is 5.16 Å². The van der Waals surface area contributed by atoms with Gasteiger partial charge in [0.05, 0.1) is 11.3 Å². The zero-order valence-corrected chi connectivity index (χ0v) is 18.7. The molecule has 0 bridgehead atoms. The van der Waals surface area contributed by atoms with E-state index >= 15 is 0 Å². The molecule has 0 radical (unpaired) electrons. The predicted octanol–water partition coefficient (Wildman–Crippen LogP) is 5.09. The summed E-state index contributed by atoms with van der Waals surface area (Å²) in [5.41, 5.74) is -0.0985. The Hall–Kier alpha value is -2.71. The minimum Gasteiger partial charge on any atom is -0.478 e. The van der Waals surface area contributed by atoms with Crippen molar-refractivity contribution in [2.24, 2.45) is 5.16 Å². The molecule has 1 aromatic carbocycles. The van der Waals surface area contributed by atoms with Crippen LogP contribution in [0.25, 0.3) is 0 Å². The van der Waals surface area contributed by atoms with Gasteiger partial charge in [0.1, 0.15) is 23.3 Å². The maximum atomic E-state index is 14.3. The number of carboxylic acid groups (broad SMARTS) is 1. The van der Waals surface area contributed by atoms with Crippen LogP contribution in [0.5, 0.6) is 0 Å². The van der Waals surface area contributed by atoms with Crippen molar-refractivity contribution in [2.45, 2.75) is 76.9 Å². The number of oxime groups is 1. The summed E-state index contributed by atoms with van der Waals surface area (Å²) in [5.74, 6) is -3.29. The number of likely N-dealkylation sites (tertiary alicyclic amines) is 1. The third-order valence-corrected chi connectivity index (χ3v) is 5.74. The topological polar surface area (TPSA) is 88.4 Å². The molecule has 1 N–H and O–H groups in total. The standard InChI is InChI=1S/C23H30F2N2O5/c1-23(2,3)31-22(30)27-10-8-16(9-11-27)32-26-15-6-4-14(5-7-15)17-12-20(25)18(21(28)29)13-19(17)24/h12-14,16H,4-11H2,1-3H3,(H,28,29). The second kappa shape index (κ2) is 9.83. The maximum absolute atomic E-state index is 14.3. The van der Waals surface area contributed by atoms with Crippen LogP contribution in [0, 0.1) is 11.6 Å². The van der Waals surface area contributed by atoms with Gasteiger partial charge in [-0.3, -0.25) is 0 Å². The molecule has 1 saturated heterocycles. The average Bonchev–Trinajstić information content (AvgIpc) is 2.73. The summed E-state index contributed by atoms with van der Waals surface area (Å²) in [5, 5.41) is 13.2. The van der Waals surface area contributed by atoms with Crippen LogP contribution < -0.4 is 0 Å². The fraction of sp³-hybridized carbons (Fsp3) is 0.609. The number of benzene rings is 1. The molecule has 2 aliphatic rings. The first-order chi connectivity index (χ1) is 15.0. The lowest BCUT2D eigenvalue weighted by atomic mass is 9.82. The third-order valence-electron chi connectivity index (χ3n) is 5.74. The molecule has 1 aromatic rings. The zero-order chi connectivity index (χ0) is 23.5. The van der Waals surface area contributed by atoms with Crippen molar-refractivity contribution < 1.29 is 33.1 Å². The summed E-state index contributed by atoms with van der Waals surface area (Å²) < 4.78 is 33.7. The van der Waals surface area contributed by atoms with Crippen LogP contribution in [0.15, 0.2) is 17.3 Å². The fourth-order valence-electron chi connectivity index (χ4n) is 4.01. The molecule has 176 valence electrons. The maximum Gasteiger partial charge on any atom is 0.410 e. The molecule has 2 fully saturated rings. The van der Waals surface area contributed by atoms with Crippen LogP contribution in [0.2, 0.25) is 0 Å². The minimum absolute atomic E-state index is 0.0750. The third kappa shape index (κ3) is 6.17. The molecule has 9 heteroatoms. The number of carbonyl (C=O) groups excluding carboxylic acids is 1. The van der Waals surface area contributed by atoms with Crippen LogP contribution in [-0.4, -0.2) is 52.6 Å². The van der Waals surface area contributed by atoms with Crippen LogP contribution >= 0.6 is 0 Å². The Morgan fingerprint density at radius 2 is 1.69 bits per heavy atom. The Morgan fingerprint density at radius 3 is 2.25 bits per heavy atom. The van der Waals surface area contributed by atoms with E-state index in [2.05, 4.69) is 5.16 Å². The van der Waals surface area contributed by atoms with Gasteiger partial charge in [0, 0.05) is 25.9 Å². The largest absolute Gasteiger partial charge is 0.478 e. The van der Waals surface area contributed by atoms with Crippen molar-refractivity contribution in [3.63, 3.8) is 0 Å². The van der Waals surface area contributed by atoms with Crippen LogP contribution in [-0.2, 0) is 9.57 Å². The van der Waals surface area contributed by atoms with Crippen molar-refractivity contribution in [3.8, 4) is 0 Å². The molecule has 1 amide bonds. The van der Waals surface area contributed by atoms with Gasteiger partial charge in [-0.15, -0.1) is 0 Å². The van der Waals surface area contributed by atoms with Gasteiger partial charge in [0.25, 0.3) is 0 Å². The van der Waals surface area contributed by atoms with Gasteiger partial charge < -0.3 is 19.6 Å². The van der Waals surface area contributed by atoms with Crippen LogP contribution in [0.4, 0.5) is 13.6 Å². The second-order valence-corrected chi connectivity index (χ2v) is 9.36. The molecule has 1 aliphatic heterocycles. The summed E-state index contributed by atoms with van der Waals surface area (Å²) in [6.45, 7) is 6.60. The Morgan fingerprint density at radius 1 is 1.06 bits per heavy atom. The minimum atomic E-state index is -1.49. The fourth-order valence-corrected chi connectivity index (χ4v) is 4.01. The van der Waals surface area contributed by atoms with E-state index in [-0.39, 0.29) is 23.7 Å². The first kappa shape index (κ1) is 23.9. The van der Waals surface area contributed by atoms with Crippen molar-refractivity contribution in [1.29, 1.82) is 0 Å². The highest BCUT2D eigenvalue weighted by Crippen LogP contribution is 2.34. The number of halogens is 2. The lowest BCUT2D eigenvalue weighted by Gasteiger charge is -2.32. The number of carbonyl (C=O) groups is 2. The number of aromatic carboxylic acids is 1. The predicted molar refractivity (Wildman–Crippen MR) is 114 cm³/mol. The molecule has 1 saturated carbocycles. The van der Waals surface area contributed by atoms with Crippen molar-refractivity contribution in [1.82, 2.24) is 4.90 Å². The SMILES string of the molecule is CC(C)(C)OC(=O)N1CCC(ON=C2CCC(c3cc(F)c(C(=O)O)cc3F)CC2)CC1. The van der Waals surface area contributed by atoms with Gasteiger partial charge in [-0.2, -0.15) is 0 Å². The number of hydrogen-bond donors (Lipinski definition) is 1. The van der Waals surface area contributed by atoms with Crippen molar-refractivity contribution in [3.05, 3.63) is 34.9 Å². The molecule has 3 rings (SSSR count).